The van der Waals surface area contributed by atoms with Crippen molar-refractivity contribution < 1.29 is 14.6 Å². The van der Waals surface area contributed by atoms with Crippen LogP contribution in [0.25, 0.3) is 0 Å². The van der Waals surface area contributed by atoms with Crippen LogP contribution in [-0.4, -0.2) is 53.5 Å². The molecule has 2 aliphatic rings. The van der Waals surface area contributed by atoms with Gasteiger partial charge in [0, 0.05) is 25.2 Å². The lowest BCUT2D eigenvalue weighted by atomic mass is 10.2. The van der Waals surface area contributed by atoms with Gasteiger partial charge in [0.05, 0.1) is 19.8 Å². The molecule has 0 atom stereocenters. The second-order valence-electron chi connectivity index (χ2n) is 4.29. The molecule has 2 N–H and O–H groups in total. The minimum absolute atomic E-state index is 0.356. The predicted molar refractivity (Wildman–Crippen MR) is 56.1 cm³/mol. The molecule has 0 aromatic carbocycles. The van der Waals surface area contributed by atoms with E-state index in [2.05, 4.69) is 15.1 Å². The van der Waals surface area contributed by atoms with E-state index in [1.807, 2.05) is 6.07 Å². The van der Waals surface area contributed by atoms with Gasteiger partial charge < -0.3 is 19.5 Å². The minimum Gasteiger partial charge on any atom is -0.388 e. The highest BCUT2D eigenvalue weighted by Crippen LogP contribution is 2.31. The Morgan fingerprint density at radius 1 is 1.50 bits per heavy atom. The van der Waals surface area contributed by atoms with Gasteiger partial charge in [-0.2, -0.15) is 5.10 Å². The lowest BCUT2D eigenvalue weighted by Gasteiger charge is -2.35. The van der Waals surface area contributed by atoms with Crippen LogP contribution in [-0.2, 0) is 9.47 Å². The second-order valence-corrected chi connectivity index (χ2v) is 4.29. The van der Waals surface area contributed by atoms with Gasteiger partial charge in [0.25, 0.3) is 0 Å². The summed E-state index contributed by atoms with van der Waals surface area (Å²) in [6, 6.07) is 1.93. The molecule has 0 saturated carbocycles. The number of aromatic amines is 1. The zero-order valence-electron chi connectivity index (χ0n) is 8.93. The fourth-order valence-electron chi connectivity index (χ4n) is 2.20. The zero-order valence-corrected chi connectivity index (χ0v) is 8.93. The molecule has 0 radical (unpaired) electrons. The molecule has 88 valence electrons. The number of hydrogen-bond donors (Lipinski definition) is 2. The number of aromatic nitrogens is 2. The van der Waals surface area contributed by atoms with Crippen molar-refractivity contribution in [3.8, 4) is 0 Å². The molecule has 1 aromatic heterocycles. The van der Waals surface area contributed by atoms with Gasteiger partial charge >= 0.3 is 0 Å². The van der Waals surface area contributed by atoms with Gasteiger partial charge in [-0.3, -0.25) is 5.10 Å². The molecule has 0 unspecified atom stereocenters. The van der Waals surface area contributed by atoms with Gasteiger partial charge in [-0.1, -0.05) is 0 Å². The molecule has 6 heteroatoms. The van der Waals surface area contributed by atoms with Crippen LogP contribution in [0.1, 0.15) is 6.42 Å². The van der Waals surface area contributed by atoms with Crippen LogP contribution >= 0.6 is 0 Å². The predicted octanol–water partition coefficient (Wildman–Crippen LogP) is -0.276. The number of aliphatic hydroxyl groups is 1. The molecule has 2 fully saturated rings. The molecule has 1 spiro atoms. The third-order valence-electron chi connectivity index (χ3n) is 3.08. The van der Waals surface area contributed by atoms with Crippen molar-refractivity contribution >= 4 is 5.82 Å². The van der Waals surface area contributed by atoms with E-state index >= 15 is 0 Å². The summed E-state index contributed by atoms with van der Waals surface area (Å²) >= 11 is 0. The number of ether oxygens (including phenoxy) is 2. The number of H-pyrrole nitrogens is 1. The lowest BCUT2D eigenvalue weighted by molar-refractivity contribution is -0.280. The van der Waals surface area contributed by atoms with E-state index in [9.17, 15) is 5.11 Å². The Morgan fingerprint density at radius 3 is 3.00 bits per heavy atom. The number of hydrogen-bond acceptors (Lipinski definition) is 5. The maximum absolute atomic E-state index is 9.32. The average molecular weight is 225 g/mol. The van der Waals surface area contributed by atoms with Gasteiger partial charge in [0.2, 0.25) is 0 Å². The Bertz CT molecular complexity index is 346. The Morgan fingerprint density at radius 2 is 2.31 bits per heavy atom. The molecular formula is C10H15N3O3. The molecule has 3 heterocycles. The SMILES string of the molecule is OC1COC2(CCN(c3cc[nH]n3)C2)OC1. The summed E-state index contributed by atoms with van der Waals surface area (Å²) in [5.41, 5.74) is 0. The fourth-order valence-corrected chi connectivity index (χ4v) is 2.20. The zero-order chi connectivity index (χ0) is 11.0. The number of nitrogens with one attached hydrogen (secondary N) is 1. The summed E-state index contributed by atoms with van der Waals surface area (Å²) in [5, 5.41) is 16.2. The van der Waals surface area contributed by atoms with Crippen LogP contribution in [0.3, 0.4) is 0 Å². The Hall–Kier alpha value is -1.11. The third kappa shape index (κ3) is 1.68. The van der Waals surface area contributed by atoms with Crippen molar-refractivity contribution in [2.75, 3.05) is 31.2 Å². The van der Waals surface area contributed by atoms with Crippen molar-refractivity contribution in [3.05, 3.63) is 12.3 Å². The van der Waals surface area contributed by atoms with Crippen LogP contribution < -0.4 is 4.90 Å². The van der Waals surface area contributed by atoms with E-state index in [-0.39, 0.29) is 0 Å². The molecule has 16 heavy (non-hydrogen) atoms. The number of nitrogens with zero attached hydrogens (tertiary/aromatic N) is 2. The highest BCUT2D eigenvalue weighted by Gasteiger charge is 2.44. The summed E-state index contributed by atoms with van der Waals surface area (Å²) < 4.78 is 11.2. The van der Waals surface area contributed by atoms with Crippen molar-refractivity contribution in [3.63, 3.8) is 0 Å². The summed E-state index contributed by atoms with van der Waals surface area (Å²) in [5.74, 6) is 0.369. The summed E-state index contributed by atoms with van der Waals surface area (Å²) in [6.07, 6.45) is 2.12. The molecule has 0 aliphatic carbocycles. The van der Waals surface area contributed by atoms with Crippen LogP contribution in [0.5, 0.6) is 0 Å². The van der Waals surface area contributed by atoms with Crippen LogP contribution in [0.2, 0.25) is 0 Å². The monoisotopic (exact) mass is 225 g/mol. The number of rotatable bonds is 1. The summed E-state index contributed by atoms with van der Waals surface area (Å²) in [6.45, 7) is 2.24. The highest BCUT2D eigenvalue weighted by molar-refractivity contribution is 5.38. The second kappa shape index (κ2) is 3.73. The van der Waals surface area contributed by atoms with Crippen molar-refractivity contribution in [1.29, 1.82) is 0 Å². The Balaban J connectivity index is 1.68. The van der Waals surface area contributed by atoms with Gasteiger partial charge in [-0.25, -0.2) is 0 Å². The topological polar surface area (TPSA) is 70.6 Å². The van der Waals surface area contributed by atoms with E-state index in [1.165, 1.54) is 0 Å². The molecular weight excluding hydrogens is 210 g/mol. The number of aliphatic hydroxyl groups excluding tert-OH is 1. The van der Waals surface area contributed by atoms with Gasteiger partial charge in [0.1, 0.15) is 6.10 Å². The third-order valence-corrected chi connectivity index (χ3v) is 3.08. The minimum atomic E-state index is -0.543. The van der Waals surface area contributed by atoms with Crippen LogP contribution in [0.4, 0.5) is 5.82 Å². The molecule has 6 nitrogen and oxygen atoms in total. The molecule has 2 saturated heterocycles. The van der Waals surface area contributed by atoms with Gasteiger partial charge in [-0.15, -0.1) is 0 Å². The summed E-state index contributed by atoms with van der Waals surface area (Å²) in [4.78, 5) is 2.12. The largest absolute Gasteiger partial charge is 0.388 e. The van der Waals surface area contributed by atoms with E-state index in [1.54, 1.807) is 6.20 Å². The first kappa shape index (κ1) is 10.1. The van der Waals surface area contributed by atoms with E-state index in [0.29, 0.717) is 19.8 Å². The van der Waals surface area contributed by atoms with Crippen LogP contribution in [0, 0.1) is 0 Å². The van der Waals surface area contributed by atoms with E-state index < -0.39 is 11.9 Å². The average Bonchev–Trinajstić information content (AvgIpc) is 2.93. The molecule has 1 aromatic rings. The lowest BCUT2D eigenvalue weighted by Crippen LogP contribution is -2.48. The molecule has 3 rings (SSSR count). The maximum Gasteiger partial charge on any atom is 0.187 e. The van der Waals surface area contributed by atoms with Crippen molar-refractivity contribution in [2.24, 2.45) is 0 Å². The Labute approximate surface area is 93.2 Å². The molecule has 2 aliphatic heterocycles. The first-order valence-corrected chi connectivity index (χ1v) is 5.48. The van der Waals surface area contributed by atoms with Crippen LogP contribution in [0.15, 0.2) is 12.3 Å². The van der Waals surface area contributed by atoms with Crippen molar-refractivity contribution in [1.82, 2.24) is 10.2 Å². The highest BCUT2D eigenvalue weighted by atomic mass is 16.7. The first-order chi connectivity index (χ1) is 7.77. The van der Waals surface area contributed by atoms with Gasteiger partial charge in [-0.05, 0) is 0 Å². The number of anilines is 1. The van der Waals surface area contributed by atoms with E-state index in [0.717, 1.165) is 18.8 Å². The Kier molecular flexibility index (Phi) is 2.34. The van der Waals surface area contributed by atoms with Crippen molar-refractivity contribution in [2.45, 2.75) is 18.3 Å². The fraction of sp³-hybridized carbons (Fsp3) is 0.700. The molecule has 0 amide bonds. The van der Waals surface area contributed by atoms with Gasteiger partial charge in [0.15, 0.2) is 11.6 Å². The standard InChI is InChI=1S/C10H15N3O3/c14-8-5-15-10(16-6-8)2-4-13(7-10)9-1-3-11-12-9/h1,3,8,14H,2,4-7H2,(H,11,12). The summed E-state index contributed by atoms with van der Waals surface area (Å²) in [7, 11) is 0. The maximum atomic E-state index is 9.32. The smallest absolute Gasteiger partial charge is 0.187 e. The first-order valence-electron chi connectivity index (χ1n) is 5.48. The quantitative estimate of drug-likeness (QED) is 0.688. The molecule has 0 bridgehead atoms. The van der Waals surface area contributed by atoms with E-state index in [4.69, 9.17) is 9.47 Å². The normalized spacial score (nSPS) is 34.8.